The monoisotopic (exact) mass is 298 g/mol. The van der Waals surface area contributed by atoms with E-state index in [1.807, 2.05) is 0 Å². The van der Waals surface area contributed by atoms with Crippen LogP contribution in [0.4, 0.5) is 0 Å². The predicted octanol–water partition coefficient (Wildman–Crippen LogP) is 4.21. The molecule has 0 N–H and O–H groups in total. The van der Waals surface area contributed by atoms with Crippen molar-refractivity contribution in [2.45, 2.75) is 31.5 Å². The lowest BCUT2D eigenvalue weighted by molar-refractivity contribution is 0.491. The molecule has 0 aliphatic carbocycles. The minimum atomic E-state index is 0.424. The Morgan fingerprint density at radius 1 is 1.25 bits per heavy atom. The highest BCUT2D eigenvalue weighted by Gasteiger charge is 2.24. The molecule has 16 heavy (non-hydrogen) atoms. The summed E-state index contributed by atoms with van der Waals surface area (Å²) in [6.45, 7) is 6.67. The number of aromatic nitrogens is 2. The van der Waals surface area contributed by atoms with Gasteiger partial charge in [0.15, 0.2) is 0 Å². The van der Waals surface area contributed by atoms with Gasteiger partial charge in [-0.3, -0.25) is 0 Å². The Hall–Kier alpha value is -0.480. The van der Waals surface area contributed by atoms with Crippen molar-refractivity contribution in [3.63, 3.8) is 0 Å². The van der Waals surface area contributed by atoms with E-state index in [0.29, 0.717) is 16.7 Å². The second-order valence-electron chi connectivity index (χ2n) is 4.34. The molecule has 2 rings (SSSR count). The lowest BCUT2D eigenvalue weighted by Gasteiger charge is -2.23. The zero-order valence-electron chi connectivity index (χ0n) is 9.64. The molecule has 0 amide bonds. The van der Waals surface area contributed by atoms with E-state index >= 15 is 0 Å². The Balaban J connectivity index is 2.56. The van der Waals surface area contributed by atoms with E-state index < -0.39 is 0 Å². The van der Waals surface area contributed by atoms with Crippen LogP contribution in [-0.4, -0.2) is 14.8 Å². The fraction of sp³-hybridized carbons (Fsp3) is 0.500. The molecule has 0 fully saturated rings. The van der Waals surface area contributed by atoms with Crippen molar-refractivity contribution in [3.8, 4) is 0 Å². The molecule has 0 aliphatic rings. The average molecular weight is 299 g/mol. The zero-order valence-corrected chi connectivity index (χ0v) is 12.0. The van der Waals surface area contributed by atoms with Crippen molar-refractivity contribution >= 4 is 37.5 Å². The molecule has 0 spiro atoms. The molecule has 2 unspecified atom stereocenters. The van der Waals surface area contributed by atoms with E-state index in [4.69, 9.17) is 0 Å². The van der Waals surface area contributed by atoms with Crippen LogP contribution in [0.25, 0.3) is 10.2 Å². The standard InChI is InChI=1S/C12H15BrN2S/c1-7(2)10(8(3)13)11-12-9(4-5-16-12)14-6-15-11/h4-8,10H,1-3H3. The van der Waals surface area contributed by atoms with Crippen molar-refractivity contribution in [2.24, 2.45) is 5.92 Å². The zero-order chi connectivity index (χ0) is 11.7. The Labute approximate surface area is 108 Å². The molecule has 4 heteroatoms. The van der Waals surface area contributed by atoms with Crippen LogP contribution in [0, 0.1) is 5.92 Å². The molecule has 2 nitrogen and oxygen atoms in total. The summed E-state index contributed by atoms with van der Waals surface area (Å²) in [6.07, 6.45) is 1.68. The van der Waals surface area contributed by atoms with Gasteiger partial charge in [0.2, 0.25) is 0 Å². The number of fused-ring (bicyclic) bond motifs is 1. The smallest absolute Gasteiger partial charge is 0.116 e. The van der Waals surface area contributed by atoms with Gasteiger partial charge in [0.1, 0.15) is 6.33 Å². The van der Waals surface area contributed by atoms with Gasteiger partial charge in [-0.25, -0.2) is 9.97 Å². The average Bonchev–Trinajstić information content (AvgIpc) is 2.65. The van der Waals surface area contributed by atoms with Crippen LogP contribution in [0.3, 0.4) is 0 Å². The molecule has 86 valence electrons. The van der Waals surface area contributed by atoms with Crippen LogP contribution in [0.1, 0.15) is 32.4 Å². The summed E-state index contributed by atoms with van der Waals surface area (Å²) in [7, 11) is 0. The van der Waals surface area contributed by atoms with Gasteiger partial charge in [-0.1, -0.05) is 36.7 Å². The highest BCUT2D eigenvalue weighted by atomic mass is 79.9. The minimum absolute atomic E-state index is 0.424. The van der Waals surface area contributed by atoms with Gasteiger partial charge in [0.05, 0.1) is 15.9 Å². The lowest BCUT2D eigenvalue weighted by atomic mass is 9.89. The Kier molecular flexibility index (Phi) is 3.60. The normalized spacial score (nSPS) is 15.6. The molecule has 2 atom stereocenters. The first-order valence-corrected chi connectivity index (χ1v) is 7.23. The number of alkyl halides is 1. The summed E-state index contributed by atoms with van der Waals surface area (Å²) in [4.78, 5) is 9.20. The van der Waals surface area contributed by atoms with Crippen LogP contribution in [0.15, 0.2) is 17.8 Å². The molecule has 2 aromatic heterocycles. The molecule has 0 saturated heterocycles. The Morgan fingerprint density at radius 3 is 2.62 bits per heavy atom. The van der Waals surface area contributed by atoms with Crippen LogP contribution >= 0.6 is 27.3 Å². The molecule has 0 bridgehead atoms. The maximum absolute atomic E-state index is 4.49. The minimum Gasteiger partial charge on any atom is -0.240 e. The van der Waals surface area contributed by atoms with Crippen LogP contribution in [-0.2, 0) is 0 Å². The van der Waals surface area contributed by atoms with Crippen LogP contribution < -0.4 is 0 Å². The summed E-state index contributed by atoms with van der Waals surface area (Å²) < 4.78 is 1.23. The number of rotatable bonds is 3. The summed E-state index contributed by atoms with van der Waals surface area (Å²) in [6, 6.07) is 2.06. The third-order valence-corrected chi connectivity index (χ3v) is 4.30. The largest absolute Gasteiger partial charge is 0.240 e. The van der Waals surface area contributed by atoms with Crippen molar-refractivity contribution in [2.75, 3.05) is 0 Å². The molecule has 0 saturated carbocycles. The molecule has 2 aromatic rings. The molecule has 0 aromatic carbocycles. The molecular formula is C12H15BrN2S. The van der Waals surface area contributed by atoms with Gasteiger partial charge >= 0.3 is 0 Å². The molecule has 0 radical (unpaired) electrons. The number of nitrogens with zero attached hydrogens (tertiary/aromatic N) is 2. The van der Waals surface area contributed by atoms with Gasteiger partial charge in [-0.2, -0.15) is 0 Å². The number of hydrogen-bond acceptors (Lipinski definition) is 3. The number of hydrogen-bond donors (Lipinski definition) is 0. The van der Waals surface area contributed by atoms with E-state index in [2.05, 4.69) is 58.1 Å². The van der Waals surface area contributed by atoms with Crippen LogP contribution in [0.5, 0.6) is 0 Å². The first kappa shape index (κ1) is 12.0. The van der Waals surface area contributed by atoms with Gasteiger partial charge in [0, 0.05) is 10.7 Å². The highest BCUT2D eigenvalue weighted by Crippen LogP contribution is 2.35. The van der Waals surface area contributed by atoms with Crippen LogP contribution in [0.2, 0.25) is 0 Å². The molecule has 2 heterocycles. The first-order chi connectivity index (χ1) is 7.61. The SMILES string of the molecule is CC(C)C(c1ncnc2ccsc12)C(C)Br. The van der Waals surface area contributed by atoms with E-state index in [-0.39, 0.29) is 0 Å². The Bertz CT molecular complexity index is 471. The summed E-state index contributed by atoms with van der Waals surface area (Å²) in [5.74, 6) is 0.999. The Morgan fingerprint density at radius 2 is 2.00 bits per heavy atom. The first-order valence-electron chi connectivity index (χ1n) is 5.43. The fourth-order valence-electron chi connectivity index (χ4n) is 2.11. The quantitative estimate of drug-likeness (QED) is 0.793. The summed E-state index contributed by atoms with van der Waals surface area (Å²) in [5.41, 5.74) is 2.24. The van der Waals surface area contributed by atoms with Gasteiger partial charge in [-0.05, 0) is 17.4 Å². The second-order valence-corrected chi connectivity index (χ2v) is 6.70. The number of thiophene rings is 1. The van der Waals surface area contributed by atoms with Crippen molar-refractivity contribution in [3.05, 3.63) is 23.5 Å². The van der Waals surface area contributed by atoms with E-state index in [0.717, 1.165) is 5.52 Å². The third-order valence-electron chi connectivity index (χ3n) is 2.80. The van der Waals surface area contributed by atoms with Gasteiger partial charge in [0.25, 0.3) is 0 Å². The van der Waals surface area contributed by atoms with Crippen molar-refractivity contribution < 1.29 is 0 Å². The third kappa shape index (κ3) is 2.13. The number of halogens is 1. The fourth-order valence-corrected chi connectivity index (χ4v) is 3.85. The van der Waals surface area contributed by atoms with Crippen molar-refractivity contribution in [1.82, 2.24) is 9.97 Å². The predicted molar refractivity (Wildman–Crippen MR) is 73.4 cm³/mol. The highest BCUT2D eigenvalue weighted by molar-refractivity contribution is 9.09. The van der Waals surface area contributed by atoms with E-state index in [1.54, 1.807) is 17.7 Å². The lowest BCUT2D eigenvalue weighted by Crippen LogP contribution is -2.17. The second kappa shape index (κ2) is 4.80. The summed E-state index contributed by atoms with van der Waals surface area (Å²) in [5, 5.41) is 2.08. The summed E-state index contributed by atoms with van der Waals surface area (Å²) >= 11 is 5.43. The molecule has 0 aliphatic heterocycles. The van der Waals surface area contributed by atoms with E-state index in [1.165, 1.54) is 10.4 Å². The van der Waals surface area contributed by atoms with Crippen molar-refractivity contribution in [1.29, 1.82) is 0 Å². The van der Waals surface area contributed by atoms with Gasteiger partial charge < -0.3 is 0 Å². The van der Waals surface area contributed by atoms with Gasteiger partial charge in [-0.15, -0.1) is 11.3 Å². The topological polar surface area (TPSA) is 25.8 Å². The maximum atomic E-state index is 4.49. The maximum Gasteiger partial charge on any atom is 0.116 e. The molecular weight excluding hydrogens is 284 g/mol. The van der Waals surface area contributed by atoms with E-state index in [9.17, 15) is 0 Å².